The molecule has 2 aromatic heterocycles. The molecule has 0 atom stereocenters. The summed E-state index contributed by atoms with van der Waals surface area (Å²) < 4.78 is 32.2. The Morgan fingerprint density at radius 3 is 2.75 bits per heavy atom. The number of rotatable bonds is 2. The Kier molecular flexibility index (Phi) is 4.10. The predicted octanol–water partition coefficient (Wildman–Crippen LogP) is 3.20. The van der Waals surface area contributed by atoms with Crippen LogP contribution in [0.4, 0.5) is 8.78 Å². The number of carbonyl (C=O) groups is 1. The standard InChI is InChI=1S/C19H17F2N5O2/c1-10-23-17(28-25-10)13-8-26(9-19(2,3)16-12(13)7-22-24-16)18(27)11-4-5-14(20)15(21)6-11/h4-8H,9H2,1-3H3,(H,22,24). The van der Waals surface area contributed by atoms with Gasteiger partial charge in [-0.3, -0.25) is 9.89 Å². The maximum absolute atomic E-state index is 13.6. The molecule has 0 radical (unpaired) electrons. The molecule has 1 N–H and O–H groups in total. The largest absolute Gasteiger partial charge is 0.334 e. The number of halogens is 2. The first-order valence-corrected chi connectivity index (χ1v) is 8.59. The van der Waals surface area contributed by atoms with Crippen molar-refractivity contribution in [3.05, 3.63) is 70.8 Å². The highest BCUT2D eigenvalue weighted by molar-refractivity contribution is 5.96. The molecule has 7 nitrogen and oxygen atoms in total. The summed E-state index contributed by atoms with van der Waals surface area (Å²) in [5.41, 5.74) is 1.58. The van der Waals surface area contributed by atoms with Crippen molar-refractivity contribution >= 4 is 11.5 Å². The molecule has 1 aliphatic rings. The first kappa shape index (κ1) is 18.0. The van der Waals surface area contributed by atoms with E-state index in [4.69, 9.17) is 4.52 Å². The van der Waals surface area contributed by atoms with Gasteiger partial charge in [0, 0.05) is 29.3 Å². The molecule has 0 spiro atoms. The fourth-order valence-electron chi connectivity index (χ4n) is 3.28. The van der Waals surface area contributed by atoms with Crippen LogP contribution in [0.3, 0.4) is 0 Å². The fraction of sp³-hybridized carbons (Fsp3) is 0.263. The molecular weight excluding hydrogens is 368 g/mol. The van der Waals surface area contributed by atoms with Gasteiger partial charge in [-0.1, -0.05) is 19.0 Å². The van der Waals surface area contributed by atoms with Gasteiger partial charge in [-0.15, -0.1) is 0 Å². The van der Waals surface area contributed by atoms with E-state index in [1.165, 1.54) is 11.0 Å². The van der Waals surface area contributed by atoms with Gasteiger partial charge in [0.05, 0.1) is 17.5 Å². The lowest BCUT2D eigenvalue weighted by molar-refractivity contribution is 0.0799. The third kappa shape index (κ3) is 2.98. The maximum atomic E-state index is 13.6. The predicted molar refractivity (Wildman–Crippen MR) is 95.1 cm³/mol. The van der Waals surface area contributed by atoms with E-state index < -0.39 is 23.0 Å². The van der Waals surface area contributed by atoms with Crippen molar-refractivity contribution < 1.29 is 18.1 Å². The summed E-state index contributed by atoms with van der Waals surface area (Å²) in [7, 11) is 0. The Labute approximate surface area is 159 Å². The van der Waals surface area contributed by atoms with Crippen molar-refractivity contribution in [3.8, 4) is 0 Å². The van der Waals surface area contributed by atoms with Crippen molar-refractivity contribution in [2.75, 3.05) is 6.54 Å². The first-order chi connectivity index (χ1) is 13.3. The Bertz CT molecular complexity index is 1100. The second kappa shape index (κ2) is 6.36. The normalized spacial score (nSPS) is 15.8. The molecule has 1 aliphatic heterocycles. The van der Waals surface area contributed by atoms with Gasteiger partial charge in [-0.25, -0.2) is 8.78 Å². The number of amides is 1. The van der Waals surface area contributed by atoms with Gasteiger partial charge in [-0.05, 0) is 25.1 Å². The minimum atomic E-state index is -1.08. The van der Waals surface area contributed by atoms with Gasteiger partial charge in [0.2, 0.25) is 0 Å². The maximum Gasteiger partial charge on any atom is 0.260 e. The van der Waals surface area contributed by atoms with E-state index in [1.54, 1.807) is 19.3 Å². The van der Waals surface area contributed by atoms with Crippen molar-refractivity contribution in [3.63, 3.8) is 0 Å². The number of fused-ring (bicyclic) bond motifs is 1. The molecule has 0 unspecified atom stereocenters. The van der Waals surface area contributed by atoms with Gasteiger partial charge in [0.1, 0.15) is 0 Å². The summed E-state index contributed by atoms with van der Waals surface area (Å²) in [6.07, 6.45) is 3.22. The summed E-state index contributed by atoms with van der Waals surface area (Å²) in [5, 5.41) is 10.9. The van der Waals surface area contributed by atoms with Gasteiger partial charge in [-0.2, -0.15) is 10.1 Å². The van der Waals surface area contributed by atoms with Crippen LogP contribution < -0.4 is 0 Å². The van der Waals surface area contributed by atoms with Crippen molar-refractivity contribution in [1.82, 2.24) is 25.2 Å². The van der Waals surface area contributed by atoms with Crippen LogP contribution in [-0.4, -0.2) is 37.7 Å². The van der Waals surface area contributed by atoms with Crippen LogP contribution in [0, 0.1) is 18.6 Å². The molecule has 0 bridgehead atoms. The van der Waals surface area contributed by atoms with E-state index in [0.717, 1.165) is 23.4 Å². The molecule has 0 aliphatic carbocycles. The minimum Gasteiger partial charge on any atom is -0.334 e. The van der Waals surface area contributed by atoms with E-state index in [9.17, 15) is 13.6 Å². The van der Waals surface area contributed by atoms with Crippen molar-refractivity contribution in [2.24, 2.45) is 0 Å². The summed E-state index contributed by atoms with van der Waals surface area (Å²) in [4.78, 5) is 18.8. The summed E-state index contributed by atoms with van der Waals surface area (Å²) in [6, 6.07) is 3.08. The number of H-pyrrole nitrogens is 1. The van der Waals surface area contributed by atoms with E-state index in [-0.39, 0.29) is 18.0 Å². The third-order valence-electron chi connectivity index (χ3n) is 4.64. The van der Waals surface area contributed by atoms with Crippen molar-refractivity contribution in [2.45, 2.75) is 26.2 Å². The molecule has 28 heavy (non-hydrogen) atoms. The van der Waals surface area contributed by atoms with Crippen molar-refractivity contribution in [1.29, 1.82) is 0 Å². The highest BCUT2D eigenvalue weighted by atomic mass is 19.2. The highest BCUT2D eigenvalue weighted by Gasteiger charge is 2.35. The number of nitrogens with zero attached hydrogens (tertiary/aromatic N) is 4. The monoisotopic (exact) mass is 385 g/mol. The van der Waals surface area contributed by atoms with Crippen LogP contribution in [0.15, 0.2) is 35.1 Å². The average molecular weight is 385 g/mol. The Balaban J connectivity index is 1.84. The molecule has 0 fully saturated rings. The van der Waals surface area contributed by atoms with Crippen LogP contribution in [0.25, 0.3) is 5.57 Å². The SMILES string of the molecule is Cc1noc(C2=CN(C(=O)c3ccc(F)c(F)c3)CC(C)(C)c3[nH]ncc32)n1. The second-order valence-corrected chi connectivity index (χ2v) is 7.29. The molecule has 3 aromatic rings. The number of benzene rings is 1. The average Bonchev–Trinajstić information content (AvgIpc) is 3.28. The molecule has 4 rings (SSSR count). The van der Waals surface area contributed by atoms with E-state index in [1.807, 2.05) is 13.8 Å². The molecule has 1 amide bonds. The molecule has 9 heteroatoms. The number of aromatic amines is 1. The Morgan fingerprint density at radius 2 is 2.07 bits per heavy atom. The topological polar surface area (TPSA) is 87.9 Å². The van der Waals surface area contributed by atoms with Gasteiger partial charge in [0.25, 0.3) is 11.8 Å². The van der Waals surface area contributed by atoms with Crippen LogP contribution in [0.5, 0.6) is 0 Å². The Morgan fingerprint density at radius 1 is 1.29 bits per heavy atom. The molecule has 0 saturated carbocycles. The van der Waals surface area contributed by atoms with Crippen LogP contribution in [0.1, 0.15) is 47.2 Å². The molecule has 144 valence electrons. The number of carbonyl (C=O) groups excluding carboxylic acids is 1. The second-order valence-electron chi connectivity index (χ2n) is 7.29. The lowest BCUT2D eigenvalue weighted by Crippen LogP contribution is -2.37. The number of aryl methyl sites for hydroxylation is 1. The number of hydrogen-bond acceptors (Lipinski definition) is 5. The first-order valence-electron chi connectivity index (χ1n) is 8.59. The van der Waals surface area contributed by atoms with Gasteiger partial charge >= 0.3 is 0 Å². The zero-order valence-electron chi connectivity index (χ0n) is 15.5. The summed E-state index contributed by atoms with van der Waals surface area (Å²) in [5.74, 6) is -1.87. The molecular formula is C19H17F2N5O2. The summed E-state index contributed by atoms with van der Waals surface area (Å²) >= 11 is 0. The van der Waals surface area contributed by atoms with Gasteiger partial charge in [0.15, 0.2) is 17.5 Å². The van der Waals surface area contributed by atoms with E-state index in [0.29, 0.717) is 11.4 Å². The van der Waals surface area contributed by atoms with Crippen LogP contribution in [-0.2, 0) is 5.41 Å². The Hall–Kier alpha value is -3.36. The lowest BCUT2D eigenvalue weighted by Gasteiger charge is -2.28. The summed E-state index contributed by atoms with van der Waals surface area (Å²) in [6.45, 7) is 5.86. The van der Waals surface area contributed by atoms with Crippen LogP contribution >= 0.6 is 0 Å². The fourth-order valence-corrected chi connectivity index (χ4v) is 3.28. The smallest absolute Gasteiger partial charge is 0.260 e. The zero-order chi connectivity index (χ0) is 20.1. The highest BCUT2D eigenvalue weighted by Crippen LogP contribution is 2.36. The minimum absolute atomic E-state index is 0.0377. The molecule has 0 saturated heterocycles. The van der Waals surface area contributed by atoms with Gasteiger partial charge < -0.3 is 9.42 Å². The van der Waals surface area contributed by atoms with E-state index >= 15 is 0 Å². The number of nitrogens with one attached hydrogen (secondary N) is 1. The third-order valence-corrected chi connectivity index (χ3v) is 4.64. The van der Waals surface area contributed by atoms with Crippen LogP contribution in [0.2, 0.25) is 0 Å². The van der Waals surface area contributed by atoms with E-state index in [2.05, 4.69) is 20.3 Å². The molecule has 3 heterocycles. The zero-order valence-corrected chi connectivity index (χ0v) is 15.5. The lowest BCUT2D eigenvalue weighted by atomic mass is 9.86. The molecule has 1 aromatic carbocycles. The number of hydrogen-bond donors (Lipinski definition) is 1. The number of aromatic nitrogens is 4. The quantitative estimate of drug-likeness (QED) is 0.732.